The molecule has 2 aromatic heterocycles. The molecule has 0 radical (unpaired) electrons. The van der Waals surface area contributed by atoms with E-state index < -0.39 is 12.0 Å². The van der Waals surface area contributed by atoms with E-state index >= 15 is 0 Å². The van der Waals surface area contributed by atoms with Crippen molar-refractivity contribution in [2.45, 2.75) is 38.9 Å². The molecule has 2 atom stereocenters. The number of nitrogen functional groups attached to an aromatic ring is 1. The monoisotopic (exact) mass is 418 g/mol. The Morgan fingerprint density at radius 1 is 1.41 bits per heavy atom. The van der Waals surface area contributed by atoms with Gasteiger partial charge in [-0.3, -0.25) is 19.8 Å². The van der Waals surface area contributed by atoms with Crippen LogP contribution in [-0.2, 0) is 14.3 Å². The fraction of sp³-hybridized carbons (Fsp3) is 0.500. The maximum atomic E-state index is 12.9. The maximum absolute atomic E-state index is 12.9. The number of nitrogens with one attached hydrogen (secondary N) is 1. The molecule has 1 fully saturated rings. The van der Waals surface area contributed by atoms with Gasteiger partial charge in [0.05, 0.1) is 0 Å². The van der Waals surface area contributed by atoms with Gasteiger partial charge in [-0.15, -0.1) is 10.2 Å². The number of ether oxygens (including phenoxy) is 2. The predicted octanol–water partition coefficient (Wildman–Crippen LogP) is 1.76. The van der Waals surface area contributed by atoms with Crippen molar-refractivity contribution in [3.05, 3.63) is 17.1 Å². The van der Waals surface area contributed by atoms with Gasteiger partial charge in [-0.2, -0.15) is 0 Å². The number of anilines is 3. The van der Waals surface area contributed by atoms with Gasteiger partial charge in [-0.25, -0.2) is 4.98 Å². The summed E-state index contributed by atoms with van der Waals surface area (Å²) in [5.41, 5.74) is 5.77. The van der Waals surface area contributed by atoms with E-state index in [1.54, 1.807) is 12.1 Å². The first-order valence-corrected chi connectivity index (χ1v) is 10.2. The van der Waals surface area contributed by atoms with Gasteiger partial charge in [0.2, 0.25) is 11.0 Å². The number of hydrogen-bond acceptors (Lipinski definition) is 9. The Kier molecular flexibility index (Phi) is 5.33. The largest absolute Gasteiger partial charge is 0.476 e. The van der Waals surface area contributed by atoms with Gasteiger partial charge in [0, 0.05) is 6.61 Å². The molecule has 0 saturated carbocycles. The van der Waals surface area contributed by atoms with E-state index in [-0.39, 0.29) is 36.1 Å². The zero-order valence-corrected chi connectivity index (χ0v) is 16.9. The minimum absolute atomic E-state index is 0.0650. The van der Waals surface area contributed by atoms with Crippen LogP contribution in [0.25, 0.3) is 0 Å². The summed E-state index contributed by atoms with van der Waals surface area (Å²) < 4.78 is 11.4. The molecule has 2 aliphatic rings. The van der Waals surface area contributed by atoms with Crippen LogP contribution in [0.5, 0.6) is 5.75 Å². The van der Waals surface area contributed by atoms with E-state index in [1.165, 1.54) is 16.2 Å². The molecule has 2 aliphatic heterocycles. The van der Waals surface area contributed by atoms with Crippen LogP contribution < -0.4 is 20.7 Å². The summed E-state index contributed by atoms with van der Waals surface area (Å²) in [6, 6.07) is 3.25. The highest BCUT2D eigenvalue weighted by Crippen LogP contribution is 2.35. The van der Waals surface area contributed by atoms with Gasteiger partial charge in [0.15, 0.2) is 17.7 Å². The molecule has 154 valence electrons. The van der Waals surface area contributed by atoms with Gasteiger partial charge in [0.25, 0.3) is 5.91 Å². The zero-order valence-electron chi connectivity index (χ0n) is 16.1. The van der Waals surface area contributed by atoms with E-state index in [4.69, 9.17) is 15.2 Å². The second-order valence-electron chi connectivity index (χ2n) is 7.26. The Balaban J connectivity index is 1.50. The van der Waals surface area contributed by atoms with E-state index in [1.807, 2.05) is 13.8 Å². The second kappa shape index (κ2) is 7.91. The van der Waals surface area contributed by atoms with Gasteiger partial charge >= 0.3 is 0 Å². The first kappa shape index (κ1) is 19.5. The minimum Gasteiger partial charge on any atom is -0.476 e. The van der Waals surface area contributed by atoms with Gasteiger partial charge in [-0.05, 0) is 30.9 Å². The summed E-state index contributed by atoms with van der Waals surface area (Å²) in [7, 11) is 0. The van der Waals surface area contributed by atoms with Crippen LogP contribution in [0.1, 0.15) is 37.8 Å². The molecule has 0 aromatic carbocycles. The Hall–Kier alpha value is -2.79. The van der Waals surface area contributed by atoms with E-state index in [9.17, 15) is 9.59 Å². The van der Waals surface area contributed by atoms with Crippen molar-refractivity contribution in [3.63, 3.8) is 0 Å². The molecule has 4 rings (SSSR count). The van der Waals surface area contributed by atoms with Gasteiger partial charge in [0.1, 0.15) is 23.5 Å². The molecule has 2 amide bonds. The van der Waals surface area contributed by atoms with Crippen molar-refractivity contribution in [1.82, 2.24) is 15.2 Å². The zero-order chi connectivity index (χ0) is 20.5. The number of nitrogens with zero attached hydrogens (tertiary/aromatic N) is 4. The van der Waals surface area contributed by atoms with Crippen molar-refractivity contribution in [3.8, 4) is 5.75 Å². The number of rotatable bonds is 5. The molecular formula is C18H22N6O4S. The molecule has 4 heterocycles. The van der Waals surface area contributed by atoms with Crippen LogP contribution in [0.3, 0.4) is 0 Å². The lowest BCUT2D eigenvalue weighted by Gasteiger charge is -2.34. The van der Waals surface area contributed by atoms with Crippen molar-refractivity contribution in [2.75, 3.05) is 29.1 Å². The number of hydrogen-bond donors (Lipinski definition) is 2. The molecule has 0 spiro atoms. The van der Waals surface area contributed by atoms with Crippen LogP contribution in [0.15, 0.2) is 12.1 Å². The predicted molar refractivity (Wildman–Crippen MR) is 107 cm³/mol. The quantitative estimate of drug-likeness (QED) is 0.750. The Morgan fingerprint density at radius 3 is 2.97 bits per heavy atom. The number of carbonyl (C=O) groups is 2. The average molecular weight is 418 g/mol. The molecule has 0 bridgehead atoms. The van der Waals surface area contributed by atoms with Crippen LogP contribution >= 0.6 is 11.3 Å². The molecule has 2 unspecified atom stereocenters. The summed E-state index contributed by atoms with van der Waals surface area (Å²) in [6.45, 7) is 4.23. The summed E-state index contributed by atoms with van der Waals surface area (Å²) in [6.07, 6.45) is 1.11. The number of nitrogens with two attached hydrogens (primary N) is 1. The smallest absolute Gasteiger partial charge is 0.270 e. The average Bonchev–Trinajstić information content (AvgIpc) is 3.35. The molecular weight excluding hydrogens is 396 g/mol. The number of aromatic nitrogens is 3. The molecule has 29 heavy (non-hydrogen) atoms. The molecule has 3 N–H and O–H groups in total. The van der Waals surface area contributed by atoms with Gasteiger partial charge in [-0.1, -0.05) is 25.2 Å². The topological polar surface area (TPSA) is 133 Å². The van der Waals surface area contributed by atoms with E-state index in [0.717, 1.165) is 17.8 Å². The van der Waals surface area contributed by atoms with Crippen LogP contribution in [-0.4, -0.2) is 46.3 Å². The highest BCUT2D eigenvalue weighted by molar-refractivity contribution is 7.15. The highest BCUT2D eigenvalue weighted by atomic mass is 32.1. The van der Waals surface area contributed by atoms with Crippen LogP contribution in [0.2, 0.25) is 0 Å². The lowest BCUT2D eigenvalue weighted by molar-refractivity contribution is -0.129. The van der Waals surface area contributed by atoms with Crippen molar-refractivity contribution in [1.29, 1.82) is 0 Å². The number of fused-ring (bicyclic) bond motifs is 1. The second-order valence-corrected chi connectivity index (χ2v) is 8.27. The summed E-state index contributed by atoms with van der Waals surface area (Å²) in [5, 5.41) is 11.9. The molecule has 0 aliphatic carbocycles. The third kappa shape index (κ3) is 4.01. The normalized spacial score (nSPS) is 21.2. The summed E-state index contributed by atoms with van der Waals surface area (Å²) >= 11 is 1.27. The summed E-state index contributed by atoms with van der Waals surface area (Å²) in [4.78, 5) is 31.0. The van der Waals surface area contributed by atoms with Crippen LogP contribution in [0, 0.1) is 5.92 Å². The minimum atomic E-state index is -0.701. The van der Waals surface area contributed by atoms with Crippen molar-refractivity contribution < 1.29 is 19.1 Å². The number of pyridine rings is 1. The van der Waals surface area contributed by atoms with Crippen molar-refractivity contribution >= 4 is 39.9 Å². The van der Waals surface area contributed by atoms with E-state index in [0.29, 0.717) is 17.5 Å². The Morgan fingerprint density at radius 2 is 2.24 bits per heavy atom. The third-order valence-corrected chi connectivity index (χ3v) is 5.61. The lowest BCUT2D eigenvalue weighted by Crippen LogP contribution is -2.51. The first-order chi connectivity index (χ1) is 13.9. The SMILES string of the molecule is CC(C)C1Oc2ccc(N)nc2N(CC(=O)Nc2nnc(C3CCCO3)s2)C1=O. The maximum Gasteiger partial charge on any atom is 0.270 e. The molecule has 10 nitrogen and oxygen atoms in total. The number of carbonyl (C=O) groups excluding carboxylic acids is 2. The van der Waals surface area contributed by atoms with Gasteiger partial charge < -0.3 is 15.2 Å². The number of amides is 2. The molecule has 1 saturated heterocycles. The third-order valence-electron chi connectivity index (χ3n) is 4.68. The summed E-state index contributed by atoms with van der Waals surface area (Å²) in [5.74, 6) is 0.0713. The first-order valence-electron chi connectivity index (χ1n) is 9.42. The lowest BCUT2D eigenvalue weighted by atomic mass is 10.0. The molecule has 11 heteroatoms. The van der Waals surface area contributed by atoms with E-state index in [2.05, 4.69) is 20.5 Å². The Bertz CT molecular complexity index is 927. The fourth-order valence-electron chi connectivity index (χ4n) is 3.24. The Labute approximate surface area is 171 Å². The van der Waals surface area contributed by atoms with Crippen LogP contribution in [0.4, 0.5) is 16.8 Å². The molecule has 2 aromatic rings. The highest BCUT2D eigenvalue weighted by Gasteiger charge is 2.38. The fourth-order valence-corrected chi connectivity index (χ4v) is 4.09. The van der Waals surface area contributed by atoms with Crippen molar-refractivity contribution in [2.24, 2.45) is 5.92 Å². The standard InChI is InChI=1S/C18H22N6O4S/c1-9(2)14-17(26)24(15-10(28-14)5-6-12(19)20-15)8-13(25)21-18-23-22-16(29-18)11-4-3-7-27-11/h5-6,9,11,14H,3-4,7-8H2,1-2H3,(H2,19,20)(H,21,23,25).